The van der Waals surface area contributed by atoms with Gasteiger partial charge >= 0.3 is 0 Å². The van der Waals surface area contributed by atoms with Gasteiger partial charge in [-0.05, 0) is 43.0 Å². The molecule has 0 bridgehead atoms. The molecule has 0 unspecified atom stereocenters. The number of nitrogens with zero attached hydrogens (tertiary/aromatic N) is 1. The lowest BCUT2D eigenvalue weighted by molar-refractivity contribution is 0.510. The van der Waals surface area contributed by atoms with E-state index in [4.69, 9.17) is 5.73 Å². The van der Waals surface area contributed by atoms with E-state index in [1.807, 2.05) is 0 Å². The molecule has 0 radical (unpaired) electrons. The van der Waals surface area contributed by atoms with Gasteiger partial charge in [-0.1, -0.05) is 38.1 Å². The lowest BCUT2D eigenvalue weighted by Crippen LogP contribution is -2.12. The Labute approximate surface area is 126 Å². The van der Waals surface area contributed by atoms with Gasteiger partial charge in [-0.25, -0.2) is 0 Å². The summed E-state index contributed by atoms with van der Waals surface area (Å²) < 4.78 is 2.38. The van der Waals surface area contributed by atoms with E-state index >= 15 is 0 Å². The summed E-state index contributed by atoms with van der Waals surface area (Å²) in [6, 6.07) is 15.5. The molecule has 0 aliphatic heterocycles. The van der Waals surface area contributed by atoms with E-state index in [1.54, 1.807) is 0 Å². The molecule has 0 spiro atoms. The zero-order chi connectivity index (χ0) is 15.0. The molecule has 2 heteroatoms. The van der Waals surface area contributed by atoms with E-state index in [9.17, 15) is 0 Å². The molecule has 21 heavy (non-hydrogen) atoms. The summed E-state index contributed by atoms with van der Waals surface area (Å²) in [6.07, 6.45) is 1.03. The summed E-state index contributed by atoms with van der Waals surface area (Å²) >= 11 is 0. The summed E-state index contributed by atoms with van der Waals surface area (Å²) in [6.45, 7) is 7.63. The minimum Gasteiger partial charge on any atom is -0.341 e. The minimum atomic E-state index is 0.123. The second kappa shape index (κ2) is 5.53. The van der Waals surface area contributed by atoms with Crippen molar-refractivity contribution in [2.24, 2.45) is 11.7 Å². The molecule has 1 aromatic heterocycles. The number of hydrogen-bond donors (Lipinski definition) is 1. The van der Waals surface area contributed by atoms with Gasteiger partial charge in [0.1, 0.15) is 0 Å². The fourth-order valence-electron chi connectivity index (χ4n) is 3.29. The molecule has 1 heterocycles. The third-order valence-electron chi connectivity index (χ3n) is 4.27. The molecule has 3 aromatic rings. The van der Waals surface area contributed by atoms with E-state index in [0.717, 1.165) is 13.0 Å². The fraction of sp³-hybridized carbons (Fsp3) is 0.368. The maximum atomic E-state index is 6.36. The molecule has 0 saturated heterocycles. The maximum Gasteiger partial charge on any atom is 0.0491 e. The molecular formula is C19H24N2. The number of fused-ring (bicyclic) bond motifs is 3. The molecule has 0 aliphatic rings. The third-order valence-corrected chi connectivity index (χ3v) is 4.27. The number of rotatable bonds is 4. The molecule has 0 fully saturated rings. The van der Waals surface area contributed by atoms with Crippen LogP contribution >= 0.6 is 0 Å². The van der Waals surface area contributed by atoms with Gasteiger partial charge < -0.3 is 10.3 Å². The van der Waals surface area contributed by atoms with Crippen molar-refractivity contribution in [3.63, 3.8) is 0 Å². The number of benzene rings is 2. The van der Waals surface area contributed by atoms with Gasteiger partial charge in [0.25, 0.3) is 0 Å². The van der Waals surface area contributed by atoms with Gasteiger partial charge in [-0.2, -0.15) is 0 Å². The van der Waals surface area contributed by atoms with E-state index in [2.05, 4.69) is 67.8 Å². The predicted octanol–water partition coefficient (Wildman–Crippen LogP) is 4.86. The van der Waals surface area contributed by atoms with Gasteiger partial charge in [0.05, 0.1) is 0 Å². The second-order valence-corrected chi connectivity index (χ2v) is 6.27. The molecule has 2 aromatic carbocycles. The normalized spacial score (nSPS) is 13.4. The number of para-hydroxylation sites is 1. The zero-order valence-corrected chi connectivity index (χ0v) is 13.1. The highest BCUT2D eigenvalue weighted by atomic mass is 15.0. The predicted molar refractivity (Wildman–Crippen MR) is 91.5 cm³/mol. The van der Waals surface area contributed by atoms with Crippen molar-refractivity contribution in [1.82, 2.24) is 4.57 Å². The van der Waals surface area contributed by atoms with Crippen LogP contribution in [-0.4, -0.2) is 4.57 Å². The van der Waals surface area contributed by atoms with Gasteiger partial charge in [0.15, 0.2) is 0 Å². The van der Waals surface area contributed by atoms with E-state index in [-0.39, 0.29) is 6.04 Å². The average Bonchev–Trinajstić information content (AvgIpc) is 2.79. The van der Waals surface area contributed by atoms with Crippen LogP contribution in [-0.2, 0) is 6.54 Å². The summed E-state index contributed by atoms with van der Waals surface area (Å²) in [7, 11) is 0. The number of nitrogens with two attached hydrogens (primary N) is 1. The van der Waals surface area contributed by atoms with Crippen LogP contribution < -0.4 is 5.73 Å². The molecule has 3 rings (SSSR count). The summed E-state index contributed by atoms with van der Waals surface area (Å²) in [4.78, 5) is 0. The lowest BCUT2D eigenvalue weighted by atomic mass is 9.96. The summed E-state index contributed by atoms with van der Waals surface area (Å²) in [5.41, 5.74) is 10.2. The van der Waals surface area contributed by atoms with Crippen molar-refractivity contribution >= 4 is 21.8 Å². The van der Waals surface area contributed by atoms with Crippen LogP contribution in [0.25, 0.3) is 21.8 Å². The highest BCUT2D eigenvalue weighted by Crippen LogP contribution is 2.31. The SMILES string of the molecule is CCn1c2ccccc2c2cc([C@@H](N)CC(C)C)ccc21. The van der Waals surface area contributed by atoms with Gasteiger partial charge in [0.2, 0.25) is 0 Å². The highest BCUT2D eigenvalue weighted by Gasteiger charge is 2.13. The molecular weight excluding hydrogens is 256 g/mol. The second-order valence-electron chi connectivity index (χ2n) is 6.27. The molecule has 0 aliphatic carbocycles. The first kappa shape index (κ1) is 14.2. The van der Waals surface area contributed by atoms with E-state index in [1.165, 1.54) is 27.4 Å². The standard InChI is InChI=1S/C19H24N2/c1-4-21-18-8-6-5-7-15(18)16-12-14(9-10-19(16)21)17(20)11-13(2)3/h5-10,12-13,17H,4,11,20H2,1-3H3/t17-/m0/s1. The Hall–Kier alpha value is -1.80. The van der Waals surface area contributed by atoms with E-state index in [0.29, 0.717) is 5.92 Å². The molecule has 2 nitrogen and oxygen atoms in total. The smallest absolute Gasteiger partial charge is 0.0491 e. The van der Waals surface area contributed by atoms with Crippen molar-refractivity contribution in [2.45, 2.75) is 39.8 Å². The highest BCUT2D eigenvalue weighted by molar-refractivity contribution is 6.08. The molecule has 110 valence electrons. The fourth-order valence-corrected chi connectivity index (χ4v) is 3.29. The first-order valence-electron chi connectivity index (χ1n) is 7.88. The Bertz CT molecular complexity index is 768. The monoisotopic (exact) mass is 280 g/mol. The van der Waals surface area contributed by atoms with Crippen molar-refractivity contribution in [2.75, 3.05) is 0 Å². The third kappa shape index (κ3) is 2.44. The Kier molecular flexibility index (Phi) is 3.73. The molecule has 2 N–H and O–H groups in total. The first-order chi connectivity index (χ1) is 10.1. The van der Waals surface area contributed by atoms with Crippen LogP contribution in [0.15, 0.2) is 42.5 Å². The Morgan fingerprint density at radius 3 is 2.43 bits per heavy atom. The number of aryl methyl sites for hydroxylation is 1. The van der Waals surface area contributed by atoms with Gasteiger partial charge in [0, 0.05) is 34.4 Å². The molecule has 0 amide bonds. The maximum absolute atomic E-state index is 6.36. The first-order valence-corrected chi connectivity index (χ1v) is 7.88. The van der Waals surface area contributed by atoms with E-state index < -0.39 is 0 Å². The van der Waals surface area contributed by atoms with Crippen LogP contribution in [0.1, 0.15) is 38.8 Å². The molecule has 0 saturated carbocycles. The Balaban J connectivity index is 2.19. The van der Waals surface area contributed by atoms with Crippen molar-refractivity contribution in [3.8, 4) is 0 Å². The van der Waals surface area contributed by atoms with Crippen LogP contribution in [0.5, 0.6) is 0 Å². The molecule has 1 atom stereocenters. The number of aromatic nitrogens is 1. The Morgan fingerprint density at radius 1 is 1.00 bits per heavy atom. The lowest BCUT2D eigenvalue weighted by Gasteiger charge is -2.14. The average molecular weight is 280 g/mol. The minimum absolute atomic E-state index is 0.123. The van der Waals surface area contributed by atoms with Crippen molar-refractivity contribution in [1.29, 1.82) is 0 Å². The van der Waals surface area contributed by atoms with Crippen molar-refractivity contribution in [3.05, 3.63) is 48.0 Å². The van der Waals surface area contributed by atoms with Crippen molar-refractivity contribution < 1.29 is 0 Å². The van der Waals surface area contributed by atoms with Gasteiger partial charge in [-0.15, -0.1) is 0 Å². The topological polar surface area (TPSA) is 30.9 Å². The van der Waals surface area contributed by atoms with Crippen LogP contribution in [0.4, 0.5) is 0 Å². The number of hydrogen-bond acceptors (Lipinski definition) is 1. The van der Waals surface area contributed by atoms with Crippen LogP contribution in [0, 0.1) is 5.92 Å². The van der Waals surface area contributed by atoms with Gasteiger partial charge in [-0.3, -0.25) is 0 Å². The quantitative estimate of drug-likeness (QED) is 0.727. The van der Waals surface area contributed by atoms with Crippen LogP contribution in [0.3, 0.4) is 0 Å². The van der Waals surface area contributed by atoms with Crippen LogP contribution in [0.2, 0.25) is 0 Å². The largest absolute Gasteiger partial charge is 0.341 e. The Morgan fingerprint density at radius 2 is 1.71 bits per heavy atom. The summed E-state index contributed by atoms with van der Waals surface area (Å²) in [5.74, 6) is 0.618. The zero-order valence-electron chi connectivity index (χ0n) is 13.1. The summed E-state index contributed by atoms with van der Waals surface area (Å²) in [5, 5.41) is 2.65.